The largest absolute Gasteiger partial charge is 0.489 e. The number of likely N-dealkylation sites (tertiary alicyclic amines) is 1. The van der Waals surface area contributed by atoms with Crippen LogP contribution in [0.4, 0.5) is 14.6 Å². The van der Waals surface area contributed by atoms with Gasteiger partial charge in [-0.05, 0) is 18.4 Å². The third-order valence-electron chi connectivity index (χ3n) is 5.10. The van der Waals surface area contributed by atoms with Gasteiger partial charge in [-0.25, -0.2) is 22.2 Å². The predicted octanol–water partition coefficient (Wildman–Crippen LogP) is 4.62. The highest BCUT2D eigenvalue weighted by molar-refractivity contribution is 7.92. The summed E-state index contributed by atoms with van der Waals surface area (Å²) in [4.78, 5) is 13.2. The number of ether oxygens (including phenoxy) is 1. The van der Waals surface area contributed by atoms with Gasteiger partial charge < -0.3 is 9.84 Å². The number of nitrogens with one attached hydrogen (secondary N) is 1. The number of rotatable bonds is 7. The van der Waals surface area contributed by atoms with Crippen LogP contribution in [0.2, 0.25) is 5.02 Å². The molecule has 0 radical (unpaired) electrons. The molecule has 2 aromatic carbocycles. The van der Waals surface area contributed by atoms with E-state index in [0.29, 0.717) is 12.8 Å². The fraction of sp³-hybridized carbons (Fsp3) is 0.273. The Balaban J connectivity index is 0.00000108. The predicted molar refractivity (Wildman–Crippen MR) is 128 cm³/mol. The Morgan fingerprint density at radius 1 is 1.26 bits per heavy atom. The third-order valence-corrected chi connectivity index (χ3v) is 7.43. The van der Waals surface area contributed by atoms with Crippen LogP contribution < -0.4 is 9.46 Å². The van der Waals surface area contributed by atoms with Crippen molar-refractivity contribution in [1.82, 2.24) is 9.88 Å². The van der Waals surface area contributed by atoms with Crippen molar-refractivity contribution in [2.45, 2.75) is 30.4 Å². The van der Waals surface area contributed by atoms with Gasteiger partial charge in [0.15, 0.2) is 22.3 Å². The first-order valence-corrected chi connectivity index (χ1v) is 13.1. The summed E-state index contributed by atoms with van der Waals surface area (Å²) in [6, 6.07) is 10.9. The Bertz CT molecular complexity index is 1220. The molecule has 0 unspecified atom stereocenters. The van der Waals surface area contributed by atoms with Crippen molar-refractivity contribution in [2.75, 3.05) is 17.8 Å². The number of hydrogen-bond donors (Lipinski definition) is 2. The number of aromatic nitrogens is 1. The molecule has 0 aliphatic carbocycles. The lowest BCUT2D eigenvalue weighted by atomic mass is 10.1. The Morgan fingerprint density at radius 3 is 2.51 bits per heavy atom. The number of carboxylic acid groups (broad SMARTS) is 1. The summed E-state index contributed by atoms with van der Waals surface area (Å²) < 4.78 is 62.1. The van der Waals surface area contributed by atoms with Crippen molar-refractivity contribution in [2.24, 2.45) is 0 Å². The van der Waals surface area contributed by atoms with E-state index in [-0.39, 0.29) is 24.1 Å². The van der Waals surface area contributed by atoms with Crippen LogP contribution in [0.15, 0.2) is 52.2 Å². The SMILES string of the molecule is O=CO.O=S(=O)(Nc1cscn1)c1c(F)cc(OC2CCN(Cc3ccccc3)CC2)c(Cl)c1F. The van der Waals surface area contributed by atoms with Crippen molar-refractivity contribution < 1.29 is 31.8 Å². The minimum Gasteiger partial charge on any atom is -0.489 e. The number of halogens is 3. The van der Waals surface area contributed by atoms with Crippen LogP contribution in [-0.2, 0) is 21.4 Å². The van der Waals surface area contributed by atoms with Gasteiger partial charge in [-0.3, -0.25) is 14.4 Å². The summed E-state index contributed by atoms with van der Waals surface area (Å²) in [6.07, 6.45) is 1.02. The van der Waals surface area contributed by atoms with Gasteiger partial charge in [-0.1, -0.05) is 41.9 Å². The number of sulfonamides is 1. The Hall–Kier alpha value is -2.80. The highest BCUT2D eigenvalue weighted by Crippen LogP contribution is 2.36. The van der Waals surface area contributed by atoms with Gasteiger partial charge in [0, 0.05) is 31.1 Å². The van der Waals surface area contributed by atoms with Gasteiger partial charge >= 0.3 is 0 Å². The maximum absolute atomic E-state index is 14.8. The molecule has 1 saturated heterocycles. The zero-order valence-electron chi connectivity index (χ0n) is 18.2. The van der Waals surface area contributed by atoms with E-state index in [1.165, 1.54) is 16.5 Å². The standard InChI is InChI=1S/C21H20ClF2N3O3S2.CH2O2/c22-19-17(30-15-6-8-27(9-7-15)11-14-4-2-1-3-5-14)10-16(23)21(20(19)24)32(28,29)26-18-12-31-13-25-18;2-1-3/h1-5,10,12-13,15,26H,6-9,11H2;1H,(H,2,3). The molecule has 0 saturated carbocycles. The minimum atomic E-state index is -4.56. The van der Waals surface area contributed by atoms with Gasteiger partial charge in [-0.15, -0.1) is 11.3 Å². The number of piperidine rings is 1. The average Bonchev–Trinajstić information content (AvgIpc) is 3.32. The molecular weight excluding hydrogens is 524 g/mol. The monoisotopic (exact) mass is 545 g/mol. The average molecular weight is 546 g/mol. The molecule has 1 aliphatic rings. The van der Waals surface area contributed by atoms with Gasteiger partial charge in [-0.2, -0.15) is 0 Å². The molecule has 1 aliphatic heterocycles. The molecule has 188 valence electrons. The second kappa shape index (κ2) is 12.2. The van der Waals surface area contributed by atoms with E-state index in [1.54, 1.807) is 0 Å². The highest BCUT2D eigenvalue weighted by atomic mass is 35.5. The zero-order chi connectivity index (χ0) is 25.4. The Labute approximate surface area is 210 Å². The van der Waals surface area contributed by atoms with Gasteiger partial charge in [0.25, 0.3) is 16.5 Å². The van der Waals surface area contributed by atoms with Crippen molar-refractivity contribution >= 4 is 45.3 Å². The van der Waals surface area contributed by atoms with Crippen LogP contribution in [-0.4, -0.2) is 49.1 Å². The van der Waals surface area contributed by atoms with Gasteiger partial charge in [0.2, 0.25) is 0 Å². The number of carbonyl (C=O) groups is 1. The second-order valence-electron chi connectivity index (χ2n) is 7.48. The zero-order valence-corrected chi connectivity index (χ0v) is 20.6. The van der Waals surface area contributed by atoms with Crippen LogP contribution in [0.5, 0.6) is 5.75 Å². The third kappa shape index (κ3) is 7.10. The number of nitrogens with zero attached hydrogens (tertiary/aromatic N) is 2. The molecule has 2 N–H and O–H groups in total. The molecular formula is C22H22ClF2N3O5S2. The van der Waals surface area contributed by atoms with Crippen LogP contribution >= 0.6 is 22.9 Å². The molecule has 35 heavy (non-hydrogen) atoms. The van der Waals surface area contributed by atoms with E-state index in [1.807, 2.05) is 22.9 Å². The van der Waals surface area contributed by atoms with E-state index in [9.17, 15) is 17.2 Å². The van der Waals surface area contributed by atoms with E-state index >= 15 is 0 Å². The first-order valence-electron chi connectivity index (χ1n) is 10.3. The van der Waals surface area contributed by atoms with Crippen molar-refractivity contribution in [3.8, 4) is 5.75 Å². The maximum Gasteiger partial charge on any atom is 0.290 e. The molecule has 2 heterocycles. The van der Waals surface area contributed by atoms with E-state index in [2.05, 4.69) is 22.0 Å². The van der Waals surface area contributed by atoms with Gasteiger partial charge in [0.05, 0.1) is 5.51 Å². The molecule has 13 heteroatoms. The smallest absolute Gasteiger partial charge is 0.290 e. The summed E-state index contributed by atoms with van der Waals surface area (Å²) in [7, 11) is -4.56. The topological polar surface area (TPSA) is 109 Å². The van der Waals surface area contributed by atoms with Gasteiger partial charge in [0.1, 0.15) is 16.9 Å². The highest BCUT2D eigenvalue weighted by Gasteiger charge is 2.30. The summed E-state index contributed by atoms with van der Waals surface area (Å²) in [5.74, 6) is -2.93. The molecule has 8 nitrogen and oxygen atoms in total. The first-order chi connectivity index (χ1) is 16.7. The lowest BCUT2D eigenvalue weighted by molar-refractivity contribution is -0.122. The number of benzene rings is 2. The summed E-state index contributed by atoms with van der Waals surface area (Å²) in [5.41, 5.74) is 2.60. The fourth-order valence-corrected chi connectivity index (χ4v) is 5.50. The lowest BCUT2D eigenvalue weighted by Crippen LogP contribution is -2.37. The van der Waals surface area contributed by atoms with E-state index in [4.69, 9.17) is 26.2 Å². The minimum absolute atomic E-state index is 0.0347. The molecule has 0 spiro atoms. The Morgan fingerprint density at radius 2 is 1.91 bits per heavy atom. The lowest BCUT2D eigenvalue weighted by Gasteiger charge is -2.32. The maximum atomic E-state index is 14.8. The van der Waals surface area contributed by atoms with Crippen LogP contribution in [0.1, 0.15) is 18.4 Å². The van der Waals surface area contributed by atoms with E-state index < -0.39 is 31.6 Å². The quantitative estimate of drug-likeness (QED) is 0.329. The first kappa shape index (κ1) is 26.8. The van der Waals surface area contributed by atoms with Crippen molar-refractivity contribution in [3.05, 3.63) is 69.5 Å². The van der Waals surface area contributed by atoms with E-state index in [0.717, 1.165) is 37.0 Å². The van der Waals surface area contributed by atoms with Crippen LogP contribution in [0.3, 0.4) is 0 Å². The molecule has 0 amide bonds. The fourth-order valence-electron chi connectivity index (χ4n) is 3.55. The Kier molecular flexibility index (Phi) is 9.38. The summed E-state index contributed by atoms with van der Waals surface area (Å²) >= 11 is 7.16. The normalized spacial score (nSPS) is 14.6. The van der Waals surface area contributed by atoms with Crippen LogP contribution in [0.25, 0.3) is 0 Å². The summed E-state index contributed by atoms with van der Waals surface area (Å²) in [6.45, 7) is 2.08. The van der Waals surface area contributed by atoms with Crippen molar-refractivity contribution in [3.63, 3.8) is 0 Å². The molecule has 3 aromatic rings. The number of anilines is 1. The summed E-state index contributed by atoms with van der Waals surface area (Å²) in [5, 5.41) is 7.72. The molecule has 4 rings (SSSR count). The number of hydrogen-bond acceptors (Lipinski definition) is 7. The molecule has 1 fully saturated rings. The molecule has 0 atom stereocenters. The number of thiazole rings is 1. The molecule has 0 bridgehead atoms. The van der Waals surface area contributed by atoms with Crippen molar-refractivity contribution in [1.29, 1.82) is 0 Å². The second-order valence-corrected chi connectivity index (χ2v) is 10.2. The molecule has 1 aromatic heterocycles. The van der Waals surface area contributed by atoms with Crippen LogP contribution in [0, 0.1) is 11.6 Å².